The average Bonchev–Trinajstić information content (AvgIpc) is 3.26. The highest BCUT2D eigenvalue weighted by atomic mass is 16.3. The van der Waals surface area contributed by atoms with Gasteiger partial charge in [0.1, 0.15) is 18.2 Å². The third-order valence-electron chi connectivity index (χ3n) is 6.73. The van der Waals surface area contributed by atoms with E-state index in [0.29, 0.717) is 45.3 Å². The van der Waals surface area contributed by atoms with Gasteiger partial charge >= 0.3 is 0 Å². The van der Waals surface area contributed by atoms with E-state index in [1.165, 1.54) is 5.56 Å². The van der Waals surface area contributed by atoms with Crippen LogP contribution in [0.5, 0.6) is 0 Å². The Bertz CT molecular complexity index is 1790. The molecule has 0 saturated carbocycles. The Morgan fingerprint density at radius 3 is 2.24 bits per heavy atom. The maximum absolute atomic E-state index is 8.85. The van der Waals surface area contributed by atoms with Gasteiger partial charge in [-0.2, -0.15) is 4.57 Å². The monoisotopic (exact) mass is 450 g/mol. The third-order valence-corrected chi connectivity index (χ3v) is 6.73. The summed E-state index contributed by atoms with van der Waals surface area (Å²) in [6.07, 6.45) is 0. The van der Waals surface area contributed by atoms with Crippen molar-refractivity contribution in [1.29, 1.82) is 0 Å². The number of fused-ring (bicyclic) bond motifs is 3. The van der Waals surface area contributed by atoms with Crippen LogP contribution < -0.4 is 4.57 Å². The van der Waals surface area contributed by atoms with E-state index in [1.807, 2.05) is 43.3 Å². The van der Waals surface area contributed by atoms with Crippen molar-refractivity contribution < 1.29 is 15.8 Å². The molecule has 0 unspecified atom stereocenters. The van der Waals surface area contributed by atoms with Crippen LogP contribution in [0.3, 0.4) is 0 Å². The second-order valence-electron chi connectivity index (χ2n) is 9.08. The van der Waals surface area contributed by atoms with Crippen LogP contribution in [0.2, 0.25) is 0 Å². The van der Waals surface area contributed by atoms with Crippen molar-refractivity contribution in [1.82, 2.24) is 0 Å². The number of nitrogens with zero attached hydrogens (tertiary/aromatic N) is 2. The lowest BCUT2D eigenvalue weighted by Gasteiger charge is -2.09. The maximum Gasteiger partial charge on any atom is 0.216 e. The summed E-state index contributed by atoms with van der Waals surface area (Å²) >= 11 is 0. The standard InChI is InChI=1S/C31H29N2O/c1-18(2)22-10-12-23(13-11-22)29-26(32-6)16-15-25-24-14-8-20(4)28(30(24)34-31(25)29)27-17-9-19(3)21(5)33(27)7/h8-18H,1-5,7H3/q+1/i3D3,9D,17D. The third kappa shape index (κ3) is 3.30. The van der Waals surface area contributed by atoms with E-state index in [1.54, 1.807) is 18.5 Å². The summed E-state index contributed by atoms with van der Waals surface area (Å²) < 4.78 is 49.5. The highest BCUT2D eigenvalue weighted by molar-refractivity contribution is 6.15. The van der Waals surface area contributed by atoms with E-state index < -0.39 is 6.85 Å². The molecule has 3 heteroatoms. The molecule has 2 aromatic heterocycles. The van der Waals surface area contributed by atoms with Gasteiger partial charge in [-0.05, 0) is 42.4 Å². The molecule has 5 rings (SSSR count). The molecule has 0 aliphatic rings. The first-order chi connectivity index (χ1) is 18.4. The topological polar surface area (TPSA) is 21.4 Å². The van der Waals surface area contributed by atoms with E-state index in [9.17, 15) is 0 Å². The summed E-state index contributed by atoms with van der Waals surface area (Å²) in [6, 6.07) is 15.3. The maximum atomic E-state index is 8.85. The molecule has 0 saturated heterocycles. The van der Waals surface area contributed by atoms with E-state index in [4.69, 9.17) is 17.8 Å². The van der Waals surface area contributed by atoms with Gasteiger partial charge in [0, 0.05) is 39.0 Å². The predicted octanol–water partition coefficient (Wildman–Crippen LogP) is 8.34. The molecular weight excluding hydrogens is 416 g/mol. The normalized spacial score (nSPS) is 14.0. The van der Waals surface area contributed by atoms with E-state index >= 15 is 0 Å². The Morgan fingerprint density at radius 1 is 0.912 bits per heavy atom. The van der Waals surface area contributed by atoms with Crippen LogP contribution in [0.15, 0.2) is 65.0 Å². The predicted molar refractivity (Wildman–Crippen MR) is 140 cm³/mol. The van der Waals surface area contributed by atoms with E-state index in [0.717, 1.165) is 21.9 Å². The van der Waals surface area contributed by atoms with Gasteiger partial charge in [-0.1, -0.05) is 62.4 Å². The van der Waals surface area contributed by atoms with Gasteiger partial charge in [-0.3, -0.25) is 0 Å². The molecule has 0 aliphatic heterocycles. The molecule has 0 fully saturated rings. The fourth-order valence-corrected chi connectivity index (χ4v) is 4.55. The van der Waals surface area contributed by atoms with Gasteiger partial charge in [0.15, 0.2) is 11.4 Å². The Balaban J connectivity index is 1.88. The second-order valence-corrected chi connectivity index (χ2v) is 9.08. The van der Waals surface area contributed by atoms with Crippen LogP contribution in [0.1, 0.15) is 49.0 Å². The lowest BCUT2D eigenvalue weighted by molar-refractivity contribution is -0.667. The van der Waals surface area contributed by atoms with Crippen LogP contribution in [-0.4, -0.2) is 0 Å². The minimum atomic E-state index is -2.51. The van der Waals surface area contributed by atoms with Crippen molar-refractivity contribution in [3.05, 3.63) is 94.4 Å². The zero-order chi connectivity index (χ0) is 28.4. The molecule has 3 aromatic carbocycles. The van der Waals surface area contributed by atoms with Crippen LogP contribution in [-0.2, 0) is 7.05 Å². The van der Waals surface area contributed by atoms with Crippen molar-refractivity contribution in [2.24, 2.45) is 7.05 Å². The number of rotatable bonds is 3. The van der Waals surface area contributed by atoms with Crippen LogP contribution in [0, 0.1) is 27.3 Å². The van der Waals surface area contributed by atoms with E-state index in [-0.39, 0.29) is 17.6 Å². The molecule has 34 heavy (non-hydrogen) atoms. The minimum absolute atomic E-state index is 0.123. The number of benzene rings is 3. The van der Waals surface area contributed by atoms with E-state index in [2.05, 4.69) is 30.8 Å². The molecule has 168 valence electrons. The molecule has 0 spiro atoms. The summed E-state index contributed by atoms with van der Waals surface area (Å²) in [5, 5.41) is 1.67. The number of hydrogen-bond donors (Lipinski definition) is 0. The van der Waals surface area contributed by atoms with Crippen molar-refractivity contribution >= 4 is 27.6 Å². The Kier molecular flexibility index (Phi) is 4.00. The first-order valence-corrected chi connectivity index (χ1v) is 11.3. The lowest BCUT2D eigenvalue weighted by atomic mass is 9.96. The summed E-state index contributed by atoms with van der Waals surface area (Å²) in [5.41, 5.74) is 6.56. The highest BCUT2D eigenvalue weighted by Gasteiger charge is 2.24. The molecule has 0 radical (unpaired) electrons. The van der Waals surface area contributed by atoms with Crippen LogP contribution >= 0.6 is 0 Å². The highest BCUT2D eigenvalue weighted by Crippen LogP contribution is 2.44. The fraction of sp³-hybridized carbons (Fsp3) is 0.226. The van der Waals surface area contributed by atoms with Gasteiger partial charge in [0.05, 0.1) is 14.9 Å². The molecule has 0 aliphatic carbocycles. The first-order valence-electron chi connectivity index (χ1n) is 13.8. The van der Waals surface area contributed by atoms with Crippen molar-refractivity contribution in [2.45, 2.75) is 40.5 Å². The number of furan rings is 1. The fourth-order valence-electron chi connectivity index (χ4n) is 4.55. The first kappa shape index (κ1) is 16.7. The molecule has 0 atom stereocenters. The number of aryl methyl sites for hydroxylation is 1. The molecule has 0 bridgehead atoms. The Hall–Kier alpha value is -3.90. The second kappa shape index (κ2) is 8.15. The Morgan fingerprint density at radius 2 is 1.59 bits per heavy atom. The molecular formula is C31H29N2O+. The van der Waals surface area contributed by atoms with Gasteiger partial charge < -0.3 is 4.42 Å². The summed E-state index contributed by atoms with van der Waals surface area (Å²) in [4.78, 5) is 3.78. The van der Waals surface area contributed by atoms with Crippen LogP contribution in [0.25, 0.3) is 49.2 Å². The van der Waals surface area contributed by atoms with Crippen molar-refractivity contribution in [3.63, 3.8) is 0 Å². The summed E-state index contributed by atoms with van der Waals surface area (Å²) in [6.45, 7) is 13.2. The number of aromatic nitrogens is 1. The molecule has 5 aromatic rings. The largest absolute Gasteiger partial charge is 0.456 e. The van der Waals surface area contributed by atoms with Gasteiger partial charge in [0.25, 0.3) is 0 Å². The zero-order valence-corrected chi connectivity index (χ0v) is 20.0. The molecule has 3 nitrogen and oxygen atoms in total. The molecule has 0 amide bonds. The average molecular weight is 451 g/mol. The minimum Gasteiger partial charge on any atom is -0.456 e. The van der Waals surface area contributed by atoms with Crippen molar-refractivity contribution in [3.8, 4) is 22.4 Å². The van der Waals surface area contributed by atoms with Crippen LogP contribution in [0.4, 0.5) is 5.69 Å². The quantitative estimate of drug-likeness (QED) is 0.200. The molecule has 2 heterocycles. The van der Waals surface area contributed by atoms with Gasteiger partial charge in [-0.15, -0.1) is 0 Å². The SMILES string of the molecule is [2H]c1c([2H])c(-c2c(C)ccc3c2oc2c(-c4ccc(C(C)C)cc4)c([N+]#[C-])ccc23)[n+](C)c(C)c1C([2H])([2H])[2H]. The Labute approximate surface area is 208 Å². The summed E-state index contributed by atoms with van der Waals surface area (Å²) in [5.74, 6) is 0.383. The lowest BCUT2D eigenvalue weighted by Crippen LogP contribution is -2.35. The van der Waals surface area contributed by atoms with Gasteiger partial charge in [0.2, 0.25) is 5.69 Å². The zero-order valence-electron chi connectivity index (χ0n) is 25.0. The summed E-state index contributed by atoms with van der Waals surface area (Å²) in [7, 11) is 1.72. The van der Waals surface area contributed by atoms with Crippen molar-refractivity contribution in [2.75, 3.05) is 0 Å². The number of hydrogen-bond acceptors (Lipinski definition) is 1. The smallest absolute Gasteiger partial charge is 0.216 e. The number of pyridine rings is 1. The molecule has 0 N–H and O–H groups in total. The van der Waals surface area contributed by atoms with Gasteiger partial charge in [-0.25, -0.2) is 4.85 Å².